The number of rotatable bonds is 6. The molecule has 0 aromatic rings. The van der Waals surface area contributed by atoms with Gasteiger partial charge in [0.05, 0.1) is 6.26 Å². The first kappa shape index (κ1) is 14.0. The first-order valence-electron chi connectivity index (χ1n) is 7.81. The fraction of sp³-hybridized carbons (Fsp3) is 0.882. The summed E-state index contributed by atoms with van der Waals surface area (Å²) in [6, 6.07) is 0. The largest absolute Gasteiger partial charge is 0.497 e. The minimum Gasteiger partial charge on any atom is -0.497 e. The summed E-state index contributed by atoms with van der Waals surface area (Å²) >= 11 is 0. The van der Waals surface area contributed by atoms with E-state index in [1.54, 1.807) is 0 Å². The highest BCUT2D eigenvalue weighted by atomic mass is 16.5. The third-order valence-corrected chi connectivity index (χ3v) is 5.42. The van der Waals surface area contributed by atoms with E-state index < -0.39 is 0 Å². The summed E-state index contributed by atoms with van der Waals surface area (Å²) in [7, 11) is 0. The quantitative estimate of drug-likeness (QED) is 0.458. The molecule has 0 spiro atoms. The van der Waals surface area contributed by atoms with Crippen LogP contribution < -0.4 is 0 Å². The minimum absolute atomic E-state index is 0.362. The average molecular weight is 250 g/mol. The number of fused-ring (bicyclic) bond motifs is 2. The van der Waals surface area contributed by atoms with Crippen LogP contribution in [0.2, 0.25) is 0 Å². The van der Waals surface area contributed by atoms with Gasteiger partial charge in [-0.05, 0) is 44.1 Å². The van der Waals surface area contributed by atoms with Crippen molar-refractivity contribution < 1.29 is 4.74 Å². The van der Waals surface area contributed by atoms with E-state index in [1.165, 1.54) is 44.9 Å². The van der Waals surface area contributed by atoms with Gasteiger partial charge in [0.1, 0.15) is 6.10 Å². The van der Waals surface area contributed by atoms with Crippen molar-refractivity contribution in [2.75, 3.05) is 0 Å². The second-order valence-corrected chi connectivity index (χ2v) is 7.30. The van der Waals surface area contributed by atoms with Crippen LogP contribution in [0, 0.1) is 16.7 Å². The summed E-state index contributed by atoms with van der Waals surface area (Å²) in [6.07, 6.45) is 13.9. The molecule has 0 unspecified atom stereocenters. The van der Waals surface area contributed by atoms with Crippen LogP contribution in [0.4, 0.5) is 0 Å². The fourth-order valence-corrected chi connectivity index (χ4v) is 4.31. The maximum absolute atomic E-state index is 6.15. The highest BCUT2D eigenvalue weighted by Gasteiger charge is 2.60. The molecular formula is C17H30O. The van der Waals surface area contributed by atoms with Gasteiger partial charge >= 0.3 is 0 Å². The van der Waals surface area contributed by atoms with Gasteiger partial charge in [0.25, 0.3) is 0 Å². The molecule has 0 N–H and O–H groups in total. The van der Waals surface area contributed by atoms with Crippen LogP contribution in [0.5, 0.6) is 0 Å². The molecule has 18 heavy (non-hydrogen) atoms. The first-order chi connectivity index (χ1) is 8.50. The molecule has 0 amide bonds. The Morgan fingerprint density at radius 1 is 1.22 bits per heavy atom. The van der Waals surface area contributed by atoms with Crippen molar-refractivity contribution in [2.24, 2.45) is 16.7 Å². The normalized spacial score (nSPS) is 37.6. The molecule has 0 saturated heterocycles. The lowest BCUT2D eigenvalue weighted by atomic mass is 9.70. The van der Waals surface area contributed by atoms with E-state index in [4.69, 9.17) is 4.74 Å². The summed E-state index contributed by atoms with van der Waals surface area (Å²) in [6.45, 7) is 9.48. The predicted molar refractivity (Wildman–Crippen MR) is 77.4 cm³/mol. The molecule has 2 fully saturated rings. The molecule has 2 saturated carbocycles. The number of hydrogen-bond donors (Lipinski definition) is 0. The van der Waals surface area contributed by atoms with Gasteiger partial charge in [-0.2, -0.15) is 0 Å². The zero-order valence-electron chi connectivity index (χ0n) is 12.7. The minimum atomic E-state index is 0.362. The van der Waals surface area contributed by atoms with Crippen molar-refractivity contribution in [3.8, 4) is 0 Å². The van der Waals surface area contributed by atoms with Crippen LogP contribution in [-0.2, 0) is 4.74 Å². The van der Waals surface area contributed by atoms with E-state index in [0.29, 0.717) is 16.9 Å². The molecule has 0 aromatic carbocycles. The number of ether oxygens (including phenoxy) is 1. The van der Waals surface area contributed by atoms with Crippen molar-refractivity contribution in [2.45, 2.75) is 78.7 Å². The summed E-state index contributed by atoms with van der Waals surface area (Å²) in [5.41, 5.74) is 0.794. The Hall–Kier alpha value is -0.460. The van der Waals surface area contributed by atoms with Crippen LogP contribution in [0.25, 0.3) is 0 Å². The number of hydrogen-bond acceptors (Lipinski definition) is 1. The predicted octanol–water partition coefficient (Wildman–Crippen LogP) is 5.31. The molecule has 0 radical (unpaired) electrons. The molecular weight excluding hydrogens is 220 g/mol. The van der Waals surface area contributed by atoms with E-state index in [-0.39, 0.29) is 0 Å². The molecule has 1 nitrogen and oxygen atoms in total. The van der Waals surface area contributed by atoms with Crippen LogP contribution in [0.3, 0.4) is 0 Å². The summed E-state index contributed by atoms with van der Waals surface area (Å²) in [4.78, 5) is 0. The van der Waals surface area contributed by atoms with E-state index in [0.717, 1.165) is 5.92 Å². The highest BCUT2D eigenvalue weighted by molar-refractivity contribution is 5.10. The van der Waals surface area contributed by atoms with Gasteiger partial charge in [0, 0.05) is 10.8 Å². The van der Waals surface area contributed by atoms with Gasteiger partial charge < -0.3 is 4.74 Å². The van der Waals surface area contributed by atoms with Crippen LogP contribution in [0.15, 0.2) is 12.3 Å². The van der Waals surface area contributed by atoms with Crippen LogP contribution in [-0.4, -0.2) is 6.10 Å². The average Bonchev–Trinajstić information content (AvgIpc) is 2.78. The van der Waals surface area contributed by atoms with Gasteiger partial charge in [-0.3, -0.25) is 0 Å². The van der Waals surface area contributed by atoms with Crippen molar-refractivity contribution in [3.05, 3.63) is 12.3 Å². The topological polar surface area (TPSA) is 9.23 Å². The molecule has 3 atom stereocenters. The first-order valence-corrected chi connectivity index (χ1v) is 7.81. The molecule has 2 aliphatic carbocycles. The Bertz CT molecular complexity index is 300. The Morgan fingerprint density at radius 2 is 2.00 bits per heavy atom. The number of unbranched alkanes of at least 4 members (excludes halogenated alkanes) is 3. The lowest BCUT2D eigenvalue weighted by molar-refractivity contribution is -0.0443. The summed E-state index contributed by atoms with van der Waals surface area (Å²) in [5, 5.41) is 0. The lowest BCUT2D eigenvalue weighted by Crippen LogP contribution is -2.41. The van der Waals surface area contributed by atoms with Crippen molar-refractivity contribution in [1.82, 2.24) is 0 Å². The molecule has 0 aliphatic heterocycles. The van der Waals surface area contributed by atoms with E-state index in [2.05, 4.69) is 33.8 Å². The van der Waals surface area contributed by atoms with Crippen molar-refractivity contribution in [3.63, 3.8) is 0 Å². The Labute approximate surface area is 113 Å². The van der Waals surface area contributed by atoms with Gasteiger partial charge in [0.15, 0.2) is 0 Å². The van der Waals surface area contributed by atoms with Gasteiger partial charge in [-0.1, -0.05) is 40.5 Å². The Morgan fingerprint density at radius 3 is 2.61 bits per heavy atom. The van der Waals surface area contributed by atoms with E-state index in [1.807, 2.05) is 6.26 Å². The molecule has 104 valence electrons. The molecule has 1 heteroatoms. The van der Waals surface area contributed by atoms with Gasteiger partial charge in [-0.15, -0.1) is 0 Å². The van der Waals surface area contributed by atoms with Crippen molar-refractivity contribution in [1.29, 1.82) is 0 Å². The lowest BCUT2D eigenvalue weighted by Gasteiger charge is -2.41. The van der Waals surface area contributed by atoms with E-state index in [9.17, 15) is 0 Å². The third kappa shape index (κ3) is 2.46. The molecule has 0 heterocycles. The monoisotopic (exact) mass is 250 g/mol. The smallest absolute Gasteiger partial charge is 0.108 e. The summed E-state index contributed by atoms with van der Waals surface area (Å²) < 4.78 is 6.15. The standard InChI is InChI=1S/C17H30O/c1-5-6-7-8-9-12-18-15-16(2,3)14-10-11-17(15,4)13-14/h9,12,14-15H,5-8,10-11,13H2,1-4H3/b12-9-/t14-,15-,17+/m1/s1. The second kappa shape index (κ2) is 5.27. The summed E-state index contributed by atoms with van der Waals surface area (Å²) in [5.74, 6) is 0.876. The van der Waals surface area contributed by atoms with Gasteiger partial charge in [0.2, 0.25) is 0 Å². The number of allylic oxidation sites excluding steroid dienone is 1. The molecule has 2 bridgehead atoms. The second-order valence-electron chi connectivity index (χ2n) is 7.30. The third-order valence-electron chi connectivity index (χ3n) is 5.42. The zero-order valence-corrected chi connectivity index (χ0v) is 12.7. The van der Waals surface area contributed by atoms with Crippen molar-refractivity contribution >= 4 is 0 Å². The maximum Gasteiger partial charge on any atom is 0.108 e. The molecule has 2 aliphatic rings. The highest BCUT2D eigenvalue weighted by Crippen LogP contribution is 2.63. The molecule has 2 rings (SSSR count). The fourth-order valence-electron chi connectivity index (χ4n) is 4.31. The van der Waals surface area contributed by atoms with E-state index >= 15 is 0 Å². The molecule has 0 aromatic heterocycles. The maximum atomic E-state index is 6.15. The SMILES string of the molecule is CCCCC/C=C\O[C@@H]1C(C)(C)[C@@H]2CC[C@@]1(C)C2. The van der Waals surface area contributed by atoms with Gasteiger partial charge in [-0.25, -0.2) is 0 Å². The Balaban J connectivity index is 1.85. The van der Waals surface area contributed by atoms with Crippen LogP contribution in [0.1, 0.15) is 72.6 Å². The van der Waals surface area contributed by atoms with Crippen LogP contribution >= 0.6 is 0 Å². The zero-order chi connectivity index (χ0) is 13.2. The Kier molecular flexibility index (Phi) is 4.08.